The van der Waals surface area contributed by atoms with Crippen LogP contribution in [0.5, 0.6) is 11.5 Å². The maximum atomic E-state index is 12.5. The number of rotatable bonds is 8. The molecule has 0 radical (unpaired) electrons. The lowest BCUT2D eigenvalue weighted by molar-refractivity contribution is -0.134. The van der Waals surface area contributed by atoms with Crippen LogP contribution in [-0.4, -0.2) is 55.7 Å². The van der Waals surface area contributed by atoms with Crippen LogP contribution in [0.4, 0.5) is 4.79 Å². The predicted molar refractivity (Wildman–Crippen MR) is 128 cm³/mol. The average Bonchev–Trinajstić information content (AvgIpc) is 2.82. The fourth-order valence-corrected chi connectivity index (χ4v) is 3.93. The van der Waals surface area contributed by atoms with Crippen LogP contribution < -0.4 is 14.8 Å². The normalized spacial score (nSPS) is 13.8. The van der Waals surface area contributed by atoms with Crippen LogP contribution in [0.3, 0.4) is 0 Å². The maximum absolute atomic E-state index is 12.5. The third-order valence-electron chi connectivity index (χ3n) is 5.34. The molecule has 0 spiro atoms. The Morgan fingerprint density at radius 2 is 1.76 bits per heavy atom. The molecule has 3 rings (SSSR count). The number of hydrogen-bond donors (Lipinski definition) is 1. The lowest BCUT2D eigenvalue weighted by Gasteiger charge is -2.32. The Balaban J connectivity index is 1.38. The molecule has 2 aromatic carbocycles. The van der Waals surface area contributed by atoms with Gasteiger partial charge in [0.1, 0.15) is 11.5 Å². The Kier molecular flexibility index (Phi) is 9.42. The highest BCUT2D eigenvalue weighted by molar-refractivity contribution is 6.35. The average molecular weight is 509 g/mol. The van der Waals surface area contributed by atoms with E-state index < -0.39 is 6.16 Å². The summed E-state index contributed by atoms with van der Waals surface area (Å²) >= 11 is 11.9. The number of nitrogens with one attached hydrogen (secondary N) is 1. The molecular formula is C24H26Cl2N2O6. The summed E-state index contributed by atoms with van der Waals surface area (Å²) in [5.74, 6) is 0.658. The second-order valence-corrected chi connectivity index (χ2v) is 8.55. The highest BCUT2D eigenvalue weighted by atomic mass is 35.5. The van der Waals surface area contributed by atoms with Gasteiger partial charge in [-0.25, -0.2) is 4.79 Å². The molecule has 1 heterocycles. The van der Waals surface area contributed by atoms with E-state index in [1.807, 2.05) is 0 Å². The molecule has 1 saturated heterocycles. The summed E-state index contributed by atoms with van der Waals surface area (Å²) in [4.78, 5) is 38.0. The number of benzene rings is 2. The van der Waals surface area contributed by atoms with Gasteiger partial charge < -0.3 is 24.4 Å². The van der Waals surface area contributed by atoms with Crippen LogP contribution in [-0.2, 0) is 9.53 Å². The SMILES string of the molecule is CCOC(=O)Oc1ccc(C(=O)NCC2CCN(C(=O)COc3ccc(Cl)cc3Cl)CC2)cc1. The van der Waals surface area contributed by atoms with Crippen molar-refractivity contribution >= 4 is 41.2 Å². The third-order valence-corrected chi connectivity index (χ3v) is 5.87. The fraction of sp³-hybridized carbons (Fsp3) is 0.375. The standard InChI is InChI=1S/C24H26Cl2N2O6/c1-2-32-24(31)34-19-6-3-17(4-7-19)23(30)27-14-16-9-11-28(12-10-16)22(29)15-33-21-8-5-18(25)13-20(21)26/h3-8,13,16H,2,9-12,14-15H2,1H3,(H,27,30). The van der Waals surface area contributed by atoms with Crippen LogP contribution in [0, 0.1) is 5.92 Å². The first-order valence-corrected chi connectivity index (χ1v) is 11.7. The quantitative estimate of drug-likeness (QED) is 0.414. The lowest BCUT2D eigenvalue weighted by atomic mass is 9.96. The van der Waals surface area contributed by atoms with E-state index in [0.717, 1.165) is 12.8 Å². The van der Waals surface area contributed by atoms with Gasteiger partial charge in [-0.1, -0.05) is 23.2 Å². The van der Waals surface area contributed by atoms with Crippen LogP contribution in [0.25, 0.3) is 0 Å². The molecule has 0 atom stereocenters. The molecule has 8 nitrogen and oxygen atoms in total. The van der Waals surface area contributed by atoms with Crippen molar-refractivity contribution < 1.29 is 28.6 Å². The van der Waals surface area contributed by atoms with Gasteiger partial charge >= 0.3 is 6.16 Å². The number of carbonyl (C=O) groups excluding carboxylic acids is 3. The van der Waals surface area contributed by atoms with Crippen LogP contribution in [0.2, 0.25) is 10.0 Å². The Hall–Kier alpha value is -2.97. The molecule has 1 fully saturated rings. The molecule has 0 bridgehead atoms. The first kappa shape index (κ1) is 25.6. The molecular weight excluding hydrogens is 483 g/mol. The maximum Gasteiger partial charge on any atom is 0.513 e. The molecule has 2 aromatic rings. The number of ether oxygens (including phenoxy) is 3. The van der Waals surface area contributed by atoms with Crippen LogP contribution in [0.15, 0.2) is 42.5 Å². The van der Waals surface area contributed by atoms with E-state index in [1.165, 1.54) is 12.1 Å². The van der Waals surface area contributed by atoms with Gasteiger partial charge in [0, 0.05) is 30.2 Å². The Bertz CT molecular complexity index is 1010. The van der Waals surface area contributed by atoms with Gasteiger partial charge in [-0.15, -0.1) is 0 Å². The van der Waals surface area contributed by atoms with Crippen LogP contribution in [0.1, 0.15) is 30.1 Å². The smallest absolute Gasteiger partial charge is 0.482 e. The van der Waals surface area contributed by atoms with Crippen molar-refractivity contribution in [3.8, 4) is 11.5 Å². The molecule has 1 aliphatic heterocycles. The van der Waals surface area contributed by atoms with Crippen molar-refractivity contribution in [1.82, 2.24) is 10.2 Å². The Morgan fingerprint density at radius 1 is 1.06 bits per heavy atom. The monoisotopic (exact) mass is 508 g/mol. The van der Waals surface area contributed by atoms with E-state index in [2.05, 4.69) is 5.32 Å². The van der Waals surface area contributed by atoms with E-state index in [-0.39, 0.29) is 30.9 Å². The molecule has 2 amide bonds. The number of carbonyl (C=O) groups is 3. The van der Waals surface area contributed by atoms with Crippen molar-refractivity contribution in [2.75, 3.05) is 32.8 Å². The van der Waals surface area contributed by atoms with E-state index >= 15 is 0 Å². The number of amides is 2. The minimum absolute atomic E-state index is 0.0986. The molecule has 1 aliphatic rings. The first-order chi connectivity index (χ1) is 16.4. The number of halogens is 2. The first-order valence-electron chi connectivity index (χ1n) is 10.9. The van der Waals surface area contributed by atoms with E-state index in [1.54, 1.807) is 42.2 Å². The summed E-state index contributed by atoms with van der Waals surface area (Å²) in [6.45, 7) is 3.51. The van der Waals surface area contributed by atoms with Crippen molar-refractivity contribution in [2.45, 2.75) is 19.8 Å². The summed E-state index contributed by atoms with van der Waals surface area (Å²) < 4.78 is 15.2. The van der Waals surface area contributed by atoms with Gasteiger partial charge in [-0.05, 0) is 68.1 Å². The Labute approximate surface area is 208 Å². The van der Waals surface area contributed by atoms with Crippen molar-refractivity contribution in [3.63, 3.8) is 0 Å². The largest absolute Gasteiger partial charge is 0.513 e. The lowest BCUT2D eigenvalue weighted by Crippen LogP contribution is -2.43. The molecule has 34 heavy (non-hydrogen) atoms. The highest BCUT2D eigenvalue weighted by Gasteiger charge is 2.23. The number of piperidine rings is 1. The van der Waals surface area contributed by atoms with E-state index in [4.69, 9.17) is 37.4 Å². The predicted octanol–water partition coefficient (Wildman–Crippen LogP) is 4.58. The molecule has 10 heteroatoms. The zero-order valence-corrected chi connectivity index (χ0v) is 20.2. The Morgan fingerprint density at radius 3 is 2.41 bits per heavy atom. The number of likely N-dealkylation sites (tertiary alicyclic amines) is 1. The third kappa shape index (κ3) is 7.53. The van der Waals surface area contributed by atoms with Crippen molar-refractivity contribution in [3.05, 3.63) is 58.1 Å². The van der Waals surface area contributed by atoms with Gasteiger partial charge in [-0.3, -0.25) is 9.59 Å². The minimum atomic E-state index is -0.787. The summed E-state index contributed by atoms with van der Waals surface area (Å²) in [5, 5.41) is 3.78. The fourth-order valence-electron chi connectivity index (χ4n) is 3.47. The minimum Gasteiger partial charge on any atom is -0.482 e. The van der Waals surface area contributed by atoms with Crippen molar-refractivity contribution in [2.24, 2.45) is 5.92 Å². The summed E-state index contributed by atoms with van der Waals surface area (Å²) in [7, 11) is 0. The molecule has 182 valence electrons. The topological polar surface area (TPSA) is 94.2 Å². The van der Waals surface area contributed by atoms with Gasteiger partial charge in [0.25, 0.3) is 11.8 Å². The zero-order chi connectivity index (χ0) is 24.5. The summed E-state index contributed by atoms with van der Waals surface area (Å²) in [6.07, 6.45) is 0.768. The van der Waals surface area contributed by atoms with Gasteiger partial charge in [0.15, 0.2) is 6.61 Å². The zero-order valence-electron chi connectivity index (χ0n) is 18.7. The van der Waals surface area contributed by atoms with Gasteiger partial charge in [0.05, 0.1) is 11.6 Å². The number of nitrogens with zero attached hydrogens (tertiary/aromatic N) is 1. The van der Waals surface area contributed by atoms with Gasteiger partial charge in [0.2, 0.25) is 0 Å². The van der Waals surface area contributed by atoms with Gasteiger partial charge in [-0.2, -0.15) is 0 Å². The van der Waals surface area contributed by atoms with E-state index in [0.29, 0.717) is 46.7 Å². The summed E-state index contributed by atoms with van der Waals surface area (Å²) in [5.41, 5.74) is 0.460. The second-order valence-electron chi connectivity index (χ2n) is 7.71. The molecule has 0 unspecified atom stereocenters. The van der Waals surface area contributed by atoms with Crippen LogP contribution >= 0.6 is 23.2 Å². The van der Waals surface area contributed by atoms with Crippen molar-refractivity contribution in [1.29, 1.82) is 0 Å². The molecule has 0 aliphatic carbocycles. The molecule has 0 saturated carbocycles. The number of hydrogen-bond acceptors (Lipinski definition) is 6. The molecule has 1 N–H and O–H groups in total. The summed E-state index contributed by atoms with van der Waals surface area (Å²) in [6, 6.07) is 11.1. The highest BCUT2D eigenvalue weighted by Crippen LogP contribution is 2.27. The molecule has 0 aromatic heterocycles. The second kappa shape index (κ2) is 12.5. The van der Waals surface area contributed by atoms with E-state index in [9.17, 15) is 14.4 Å².